The second-order valence-electron chi connectivity index (χ2n) is 6.08. The van der Waals surface area contributed by atoms with Gasteiger partial charge in [0.2, 0.25) is 5.95 Å². The number of benzene rings is 2. The molecule has 1 N–H and O–H groups in total. The Morgan fingerprint density at radius 1 is 1.07 bits per heavy atom. The third-order valence-corrected chi connectivity index (χ3v) is 4.82. The van der Waals surface area contributed by atoms with Crippen LogP contribution in [0.1, 0.15) is 5.56 Å². The molecule has 0 aliphatic carbocycles. The van der Waals surface area contributed by atoms with Crippen molar-refractivity contribution in [1.82, 2.24) is 9.97 Å². The molecule has 1 aromatic heterocycles. The predicted molar refractivity (Wildman–Crippen MR) is 107 cm³/mol. The number of hydrogen-bond acceptors (Lipinski definition) is 6. The van der Waals surface area contributed by atoms with Gasteiger partial charge in [-0.15, -0.1) is 0 Å². The standard InChI is InChI=1S/C20H19ClN4O2/c1-26-17-12-15(18(27-2)11-14(17)21)23-20-22-9-7-19(24-20)25-10-8-13-5-3-4-6-16(13)25/h3-7,9,11-12H,8,10H2,1-2H3,(H,22,23,24). The average Bonchev–Trinajstić information content (AvgIpc) is 3.13. The highest BCUT2D eigenvalue weighted by Gasteiger charge is 2.21. The zero-order chi connectivity index (χ0) is 18.8. The SMILES string of the molecule is COc1cc(Nc2nccc(N3CCc4ccccc43)n2)c(OC)cc1Cl. The van der Waals surface area contributed by atoms with Crippen LogP contribution in [0.5, 0.6) is 11.5 Å². The summed E-state index contributed by atoms with van der Waals surface area (Å²) in [6.45, 7) is 0.897. The van der Waals surface area contributed by atoms with Gasteiger partial charge in [-0.25, -0.2) is 4.98 Å². The van der Waals surface area contributed by atoms with Crippen molar-refractivity contribution < 1.29 is 9.47 Å². The van der Waals surface area contributed by atoms with Crippen LogP contribution in [0.15, 0.2) is 48.7 Å². The number of fused-ring (bicyclic) bond motifs is 1. The fraction of sp³-hybridized carbons (Fsp3) is 0.200. The van der Waals surface area contributed by atoms with Crippen LogP contribution < -0.4 is 19.7 Å². The van der Waals surface area contributed by atoms with E-state index in [2.05, 4.69) is 38.4 Å². The van der Waals surface area contributed by atoms with Crippen LogP contribution in [0.25, 0.3) is 0 Å². The molecule has 27 heavy (non-hydrogen) atoms. The van der Waals surface area contributed by atoms with Gasteiger partial charge in [-0.05, 0) is 24.1 Å². The molecule has 0 amide bonds. The number of halogens is 1. The summed E-state index contributed by atoms with van der Waals surface area (Å²) in [5, 5.41) is 3.68. The average molecular weight is 383 g/mol. The van der Waals surface area contributed by atoms with Crippen LogP contribution in [0, 0.1) is 0 Å². The Morgan fingerprint density at radius 2 is 1.89 bits per heavy atom. The summed E-state index contributed by atoms with van der Waals surface area (Å²) in [4.78, 5) is 11.2. The van der Waals surface area contributed by atoms with E-state index in [1.54, 1.807) is 32.5 Å². The number of nitrogens with zero attached hydrogens (tertiary/aromatic N) is 3. The number of rotatable bonds is 5. The lowest BCUT2D eigenvalue weighted by atomic mass is 10.2. The second-order valence-corrected chi connectivity index (χ2v) is 6.49. The summed E-state index contributed by atoms with van der Waals surface area (Å²) >= 11 is 6.17. The van der Waals surface area contributed by atoms with E-state index in [4.69, 9.17) is 21.1 Å². The van der Waals surface area contributed by atoms with E-state index in [-0.39, 0.29) is 0 Å². The van der Waals surface area contributed by atoms with E-state index in [1.807, 2.05) is 12.1 Å². The van der Waals surface area contributed by atoms with Gasteiger partial charge in [0.25, 0.3) is 0 Å². The molecular weight excluding hydrogens is 364 g/mol. The molecule has 1 aliphatic heterocycles. The Hall–Kier alpha value is -2.99. The second kappa shape index (κ2) is 7.32. The molecule has 0 fully saturated rings. The number of anilines is 4. The Balaban J connectivity index is 1.65. The lowest BCUT2D eigenvalue weighted by Gasteiger charge is -2.19. The first-order chi connectivity index (χ1) is 13.2. The van der Waals surface area contributed by atoms with Crippen LogP contribution in [0.4, 0.5) is 23.1 Å². The van der Waals surface area contributed by atoms with Crippen molar-refractivity contribution in [2.45, 2.75) is 6.42 Å². The Bertz CT molecular complexity index is 980. The highest BCUT2D eigenvalue weighted by Crippen LogP contribution is 2.37. The molecule has 3 aromatic rings. The minimum Gasteiger partial charge on any atom is -0.495 e. The van der Waals surface area contributed by atoms with Gasteiger partial charge in [0, 0.05) is 30.6 Å². The zero-order valence-electron chi connectivity index (χ0n) is 15.1. The lowest BCUT2D eigenvalue weighted by molar-refractivity contribution is 0.405. The van der Waals surface area contributed by atoms with E-state index >= 15 is 0 Å². The Kier molecular flexibility index (Phi) is 4.73. The zero-order valence-corrected chi connectivity index (χ0v) is 15.8. The van der Waals surface area contributed by atoms with Crippen molar-refractivity contribution in [1.29, 1.82) is 0 Å². The van der Waals surface area contributed by atoms with Gasteiger partial charge >= 0.3 is 0 Å². The van der Waals surface area contributed by atoms with E-state index < -0.39 is 0 Å². The highest BCUT2D eigenvalue weighted by molar-refractivity contribution is 6.32. The summed E-state index contributed by atoms with van der Waals surface area (Å²) in [5.41, 5.74) is 3.19. The predicted octanol–water partition coefficient (Wildman–Crippen LogP) is 4.59. The van der Waals surface area contributed by atoms with E-state index in [9.17, 15) is 0 Å². The first-order valence-electron chi connectivity index (χ1n) is 8.56. The van der Waals surface area contributed by atoms with Gasteiger partial charge in [-0.3, -0.25) is 0 Å². The number of aromatic nitrogens is 2. The fourth-order valence-electron chi connectivity index (χ4n) is 3.21. The molecule has 6 nitrogen and oxygen atoms in total. The third kappa shape index (κ3) is 3.36. The largest absolute Gasteiger partial charge is 0.495 e. The van der Waals surface area contributed by atoms with Crippen LogP contribution in [-0.4, -0.2) is 30.7 Å². The van der Waals surface area contributed by atoms with Crippen molar-refractivity contribution >= 4 is 34.7 Å². The molecule has 0 bridgehead atoms. The molecule has 0 unspecified atom stereocenters. The normalized spacial score (nSPS) is 12.6. The molecule has 0 atom stereocenters. The molecule has 1 aliphatic rings. The van der Waals surface area contributed by atoms with E-state index in [0.717, 1.165) is 18.8 Å². The first-order valence-corrected chi connectivity index (χ1v) is 8.94. The Labute approximate surface area is 162 Å². The molecule has 2 heterocycles. The quantitative estimate of drug-likeness (QED) is 0.696. The molecule has 0 saturated carbocycles. The van der Waals surface area contributed by atoms with Crippen molar-refractivity contribution in [3.8, 4) is 11.5 Å². The summed E-state index contributed by atoms with van der Waals surface area (Å²) in [6, 6.07) is 13.8. The number of para-hydroxylation sites is 1. The number of methoxy groups -OCH3 is 2. The summed E-state index contributed by atoms with van der Waals surface area (Å²) < 4.78 is 10.7. The van der Waals surface area contributed by atoms with Gasteiger partial charge in [-0.1, -0.05) is 29.8 Å². The molecule has 7 heteroatoms. The molecule has 0 spiro atoms. The maximum atomic E-state index is 6.17. The smallest absolute Gasteiger partial charge is 0.229 e. The van der Waals surface area contributed by atoms with Gasteiger partial charge in [-0.2, -0.15) is 4.98 Å². The first kappa shape index (κ1) is 17.4. The van der Waals surface area contributed by atoms with E-state index in [1.165, 1.54) is 11.3 Å². The number of nitrogens with one attached hydrogen (secondary N) is 1. The van der Waals surface area contributed by atoms with Gasteiger partial charge in [0.05, 0.1) is 24.9 Å². The van der Waals surface area contributed by atoms with Gasteiger partial charge in [0.1, 0.15) is 17.3 Å². The van der Waals surface area contributed by atoms with Crippen molar-refractivity contribution in [3.05, 3.63) is 59.2 Å². The summed E-state index contributed by atoms with van der Waals surface area (Å²) in [5.74, 6) is 2.45. The fourth-order valence-corrected chi connectivity index (χ4v) is 3.45. The van der Waals surface area contributed by atoms with Crippen molar-refractivity contribution in [2.75, 3.05) is 31.0 Å². The van der Waals surface area contributed by atoms with Gasteiger partial charge in [0.15, 0.2) is 0 Å². The lowest BCUT2D eigenvalue weighted by Crippen LogP contribution is -2.15. The Morgan fingerprint density at radius 3 is 2.70 bits per heavy atom. The topological polar surface area (TPSA) is 59.5 Å². The monoisotopic (exact) mass is 382 g/mol. The number of hydrogen-bond donors (Lipinski definition) is 1. The molecule has 0 saturated heterocycles. The van der Waals surface area contributed by atoms with Crippen LogP contribution in [-0.2, 0) is 6.42 Å². The third-order valence-electron chi connectivity index (χ3n) is 4.52. The van der Waals surface area contributed by atoms with Crippen LogP contribution in [0.3, 0.4) is 0 Å². The van der Waals surface area contributed by atoms with E-state index in [0.29, 0.717) is 28.2 Å². The summed E-state index contributed by atoms with van der Waals surface area (Å²) in [7, 11) is 3.15. The van der Waals surface area contributed by atoms with Crippen LogP contribution in [0.2, 0.25) is 5.02 Å². The van der Waals surface area contributed by atoms with Crippen molar-refractivity contribution in [3.63, 3.8) is 0 Å². The minimum absolute atomic E-state index is 0.472. The summed E-state index contributed by atoms with van der Waals surface area (Å²) in [6.07, 6.45) is 2.75. The van der Waals surface area contributed by atoms with Crippen LogP contribution >= 0.6 is 11.6 Å². The molecule has 4 rings (SSSR count). The molecule has 0 radical (unpaired) electrons. The highest BCUT2D eigenvalue weighted by atomic mass is 35.5. The van der Waals surface area contributed by atoms with Crippen molar-refractivity contribution in [2.24, 2.45) is 0 Å². The molecular formula is C20H19ClN4O2. The minimum atomic E-state index is 0.472. The van der Waals surface area contributed by atoms with Gasteiger partial charge < -0.3 is 19.7 Å². The number of ether oxygens (including phenoxy) is 2. The maximum Gasteiger partial charge on any atom is 0.229 e. The molecule has 2 aromatic carbocycles. The molecule has 138 valence electrons. The maximum absolute atomic E-state index is 6.17.